The summed E-state index contributed by atoms with van der Waals surface area (Å²) in [6.45, 7) is 0.0513. The van der Waals surface area contributed by atoms with E-state index in [4.69, 9.17) is 21.2 Å². The molecule has 0 aromatic heterocycles. The third-order valence-corrected chi connectivity index (χ3v) is 3.04. The summed E-state index contributed by atoms with van der Waals surface area (Å²) in [5, 5.41) is 0. The Bertz CT molecular complexity index is 474. The van der Waals surface area contributed by atoms with Gasteiger partial charge in [0, 0.05) is 10.7 Å². The van der Waals surface area contributed by atoms with Crippen LogP contribution in [-0.4, -0.2) is 26.2 Å². The van der Waals surface area contributed by atoms with Crippen LogP contribution in [0.25, 0.3) is 0 Å². The Balaban J connectivity index is 2.45. The van der Waals surface area contributed by atoms with Crippen LogP contribution in [0.2, 0.25) is 0 Å². The quantitative estimate of drug-likeness (QED) is 0.630. The minimum Gasteiger partial charge on any atom is -0.460 e. The molecule has 0 aliphatic carbocycles. The molecule has 0 saturated heterocycles. The van der Waals surface area contributed by atoms with Crippen molar-refractivity contribution in [2.24, 2.45) is 5.73 Å². The standard InChI is InChI=1S/C10H12ClNO4S/c11-17(14,15)7-9(12)10(13)16-6-8-4-2-1-3-5-8/h1-5,9H,6-7,12H2. The lowest BCUT2D eigenvalue weighted by Crippen LogP contribution is -2.37. The maximum atomic E-state index is 11.3. The van der Waals surface area contributed by atoms with E-state index in [0.29, 0.717) is 0 Å². The third-order valence-electron chi connectivity index (χ3n) is 1.91. The number of carbonyl (C=O) groups excluding carboxylic acids is 1. The number of rotatable bonds is 5. The number of hydrogen-bond donors (Lipinski definition) is 1. The Kier molecular flexibility index (Phi) is 4.92. The summed E-state index contributed by atoms with van der Waals surface area (Å²) < 4.78 is 26.2. The molecule has 5 nitrogen and oxygen atoms in total. The van der Waals surface area contributed by atoms with E-state index < -0.39 is 26.8 Å². The summed E-state index contributed by atoms with van der Waals surface area (Å²) in [5.41, 5.74) is 6.12. The Morgan fingerprint density at radius 1 is 1.35 bits per heavy atom. The summed E-state index contributed by atoms with van der Waals surface area (Å²) in [7, 11) is 1.17. The predicted octanol–water partition coefficient (Wildman–Crippen LogP) is 0.626. The largest absolute Gasteiger partial charge is 0.460 e. The van der Waals surface area contributed by atoms with Crippen LogP contribution in [-0.2, 0) is 25.2 Å². The lowest BCUT2D eigenvalue weighted by atomic mass is 10.2. The molecule has 7 heteroatoms. The molecule has 1 atom stereocenters. The lowest BCUT2D eigenvalue weighted by molar-refractivity contribution is -0.145. The topological polar surface area (TPSA) is 86.5 Å². The van der Waals surface area contributed by atoms with Crippen molar-refractivity contribution in [3.63, 3.8) is 0 Å². The zero-order chi connectivity index (χ0) is 12.9. The molecule has 0 fully saturated rings. The first-order chi connectivity index (χ1) is 7.88. The molecule has 0 heterocycles. The molecule has 0 amide bonds. The van der Waals surface area contributed by atoms with E-state index in [1.165, 1.54) is 0 Å². The van der Waals surface area contributed by atoms with Crippen LogP contribution in [0.3, 0.4) is 0 Å². The second-order valence-corrected chi connectivity index (χ2v) is 6.23. The van der Waals surface area contributed by atoms with Crippen LogP contribution in [0.5, 0.6) is 0 Å². The van der Waals surface area contributed by atoms with E-state index in [-0.39, 0.29) is 6.61 Å². The number of hydrogen-bond acceptors (Lipinski definition) is 5. The number of esters is 1. The highest BCUT2D eigenvalue weighted by Gasteiger charge is 2.21. The van der Waals surface area contributed by atoms with Crippen molar-refractivity contribution in [3.05, 3.63) is 35.9 Å². The van der Waals surface area contributed by atoms with Crippen molar-refractivity contribution in [2.75, 3.05) is 5.75 Å². The van der Waals surface area contributed by atoms with Crippen molar-refractivity contribution in [1.29, 1.82) is 0 Å². The van der Waals surface area contributed by atoms with E-state index in [0.717, 1.165) is 5.56 Å². The number of nitrogens with two attached hydrogens (primary N) is 1. The molecule has 0 aliphatic heterocycles. The summed E-state index contributed by atoms with van der Waals surface area (Å²) in [6.07, 6.45) is 0. The van der Waals surface area contributed by atoms with Crippen molar-refractivity contribution in [2.45, 2.75) is 12.6 Å². The van der Waals surface area contributed by atoms with Crippen LogP contribution in [0.1, 0.15) is 5.56 Å². The van der Waals surface area contributed by atoms with Gasteiger partial charge in [0.15, 0.2) is 0 Å². The van der Waals surface area contributed by atoms with Gasteiger partial charge in [-0.3, -0.25) is 4.79 Å². The highest BCUT2D eigenvalue weighted by atomic mass is 35.7. The first-order valence-corrected chi connectivity index (χ1v) is 7.25. The average molecular weight is 278 g/mol. The van der Waals surface area contributed by atoms with Gasteiger partial charge in [-0.05, 0) is 5.56 Å². The summed E-state index contributed by atoms with van der Waals surface area (Å²) in [5.74, 6) is -1.43. The van der Waals surface area contributed by atoms with Crippen molar-refractivity contribution in [1.82, 2.24) is 0 Å². The van der Waals surface area contributed by atoms with Gasteiger partial charge in [-0.1, -0.05) is 30.3 Å². The molecular formula is C10H12ClNO4S. The molecule has 1 aromatic carbocycles. The second-order valence-electron chi connectivity index (χ2n) is 3.41. The number of ether oxygens (including phenoxy) is 1. The molecule has 0 bridgehead atoms. The first kappa shape index (κ1) is 14.0. The minimum atomic E-state index is -3.80. The van der Waals surface area contributed by atoms with E-state index in [2.05, 4.69) is 0 Å². The Morgan fingerprint density at radius 3 is 2.47 bits per heavy atom. The molecule has 0 radical (unpaired) electrons. The number of halogens is 1. The van der Waals surface area contributed by atoms with Gasteiger partial charge in [0.25, 0.3) is 0 Å². The minimum absolute atomic E-state index is 0.0513. The smallest absolute Gasteiger partial charge is 0.324 e. The monoisotopic (exact) mass is 277 g/mol. The molecule has 1 unspecified atom stereocenters. The predicted molar refractivity (Wildman–Crippen MR) is 63.9 cm³/mol. The SMILES string of the molecule is NC(CS(=O)(=O)Cl)C(=O)OCc1ccccc1. The Labute approximate surface area is 104 Å². The zero-order valence-corrected chi connectivity index (χ0v) is 10.4. The number of benzene rings is 1. The van der Waals surface area contributed by atoms with Gasteiger partial charge in [-0.15, -0.1) is 0 Å². The molecule has 1 rings (SSSR count). The zero-order valence-electron chi connectivity index (χ0n) is 8.87. The highest BCUT2D eigenvalue weighted by molar-refractivity contribution is 8.13. The summed E-state index contributed by atoms with van der Waals surface area (Å²) in [4.78, 5) is 11.3. The fraction of sp³-hybridized carbons (Fsp3) is 0.300. The van der Waals surface area contributed by atoms with E-state index in [1.807, 2.05) is 6.07 Å². The lowest BCUT2D eigenvalue weighted by Gasteiger charge is -2.09. The van der Waals surface area contributed by atoms with Gasteiger partial charge in [0.05, 0.1) is 5.75 Å². The molecule has 0 saturated carbocycles. The second kappa shape index (κ2) is 6.00. The molecule has 2 N–H and O–H groups in total. The van der Waals surface area contributed by atoms with Crippen molar-refractivity contribution in [3.8, 4) is 0 Å². The normalized spacial score (nSPS) is 13.1. The van der Waals surface area contributed by atoms with Crippen LogP contribution >= 0.6 is 10.7 Å². The molecule has 0 aliphatic rings. The van der Waals surface area contributed by atoms with Crippen LogP contribution < -0.4 is 5.73 Å². The highest BCUT2D eigenvalue weighted by Crippen LogP contribution is 2.03. The van der Waals surface area contributed by atoms with Crippen molar-refractivity contribution >= 4 is 25.7 Å². The van der Waals surface area contributed by atoms with E-state index in [9.17, 15) is 13.2 Å². The molecule has 17 heavy (non-hydrogen) atoms. The average Bonchev–Trinajstić information content (AvgIpc) is 2.25. The Hall–Kier alpha value is -1.11. The molecule has 0 spiro atoms. The maximum Gasteiger partial charge on any atom is 0.324 e. The van der Waals surface area contributed by atoms with Gasteiger partial charge in [0.2, 0.25) is 9.05 Å². The van der Waals surface area contributed by atoms with Gasteiger partial charge >= 0.3 is 5.97 Å². The van der Waals surface area contributed by atoms with Gasteiger partial charge in [-0.25, -0.2) is 8.42 Å². The third kappa shape index (κ3) is 5.67. The summed E-state index contributed by atoms with van der Waals surface area (Å²) >= 11 is 0. The van der Waals surface area contributed by atoms with E-state index in [1.54, 1.807) is 24.3 Å². The fourth-order valence-corrected chi connectivity index (χ4v) is 2.09. The maximum absolute atomic E-state index is 11.3. The van der Waals surface area contributed by atoms with Gasteiger partial charge < -0.3 is 10.5 Å². The van der Waals surface area contributed by atoms with Crippen LogP contribution in [0.15, 0.2) is 30.3 Å². The van der Waals surface area contributed by atoms with Gasteiger partial charge in [0.1, 0.15) is 12.6 Å². The fourth-order valence-electron chi connectivity index (χ4n) is 1.12. The molecule has 1 aromatic rings. The molecule has 94 valence electrons. The number of carbonyl (C=O) groups is 1. The van der Waals surface area contributed by atoms with Gasteiger partial charge in [-0.2, -0.15) is 0 Å². The van der Waals surface area contributed by atoms with Crippen LogP contribution in [0, 0.1) is 0 Å². The van der Waals surface area contributed by atoms with E-state index >= 15 is 0 Å². The molecular weight excluding hydrogens is 266 g/mol. The summed E-state index contributed by atoms with van der Waals surface area (Å²) in [6, 6.07) is 7.71. The Morgan fingerprint density at radius 2 is 1.94 bits per heavy atom. The van der Waals surface area contributed by atoms with Crippen LogP contribution in [0.4, 0.5) is 0 Å². The first-order valence-electron chi connectivity index (χ1n) is 4.77. The van der Waals surface area contributed by atoms with Crippen molar-refractivity contribution < 1.29 is 17.9 Å².